The number of amides is 1. The van der Waals surface area contributed by atoms with E-state index in [1.54, 1.807) is 13.3 Å². The standard InChI is InChI=1S/C33H36N8O3/c1-4-21-7-6-8-22(5-2)30(21)41-12-11-40-20-23(17-27(40)32(41)42)29-25-19-34-38-31(25)37-33(36-29)35-26-10-9-24(18-28(26)43-3)39-13-15-44-16-14-39/h6-10,17-20H,4-5,11-16H2,1-3H3,(H2,34,35,36,37,38). The van der Waals surface area contributed by atoms with Crippen LogP contribution in [0.5, 0.6) is 5.75 Å². The van der Waals surface area contributed by atoms with Crippen LogP contribution in [0.4, 0.5) is 23.0 Å². The summed E-state index contributed by atoms with van der Waals surface area (Å²) in [6, 6.07) is 14.3. The maximum absolute atomic E-state index is 13.9. The average molecular weight is 593 g/mol. The molecule has 5 aromatic rings. The van der Waals surface area contributed by atoms with E-state index in [9.17, 15) is 4.79 Å². The minimum absolute atomic E-state index is 0.000892. The molecule has 0 atom stereocenters. The molecular weight excluding hydrogens is 556 g/mol. The van der Waals surface area contributed by atoms with Gasteiger partial charge >= 0.3 is 0 Å². The van der Waals surface area contributed by atoms with Gasteiger partial charge in [-0.15, -0.1) is 0 Å². The highest BCUT2D eigenvalue weighted by Crippen LogP contribution is 2.36. The van der Waals surface area contributed by atoms with Gasteiger partial charge in [-0.1, -0.05) is 32.0 Å². The van der Waals surface area contributed by atoms with Gasteiger partial charge in [0.2, 0.25) is 5.95 Å². The Kier molecular flexibility index (Phi) is 7.39. The molecule has 5 heterocycles. The second-order valence-corrected chi connectivity index (χ2v) is 11.0. The zero-order valence-electron chi connectivity index (χ0n) is 25.3. The summed E-state index contributed by atoms with van der Waals surface area (Å²) in [6.07, 6.45) is 5.47. The van der Waals surface area contributed by atoms with Crippen molar-refractivity contribution in [2.45, 2.75) is 33.2 Å². The van der Waals surface area contributed by atoms with Crippen LogP contribution in [0.1, 0.15) is 35.5 Å². The molecule has 0 bridgehead atoms. The van der Waals surface area contributed by atoms with Crippen molar-refractivity contribution in [3.8, 4) is 17.0 Å². The second kappa shape index (κ2) is 11.6. The Morgan fingerprint density at radius 2 is 1.80 bits per heavy atom. The lowest BCUT2D eigenvalue weighted by atomic mass is 10.0. The molecule has 1 amide bonds. The van der Waals surface area contributed by atoms with Gasteiger partial charge in [0.15, 0.2) is 5.65 Å². The Morgan fingerprint density at radius 1 is 1.00 bits per heavy atom. The number of methoxy groups -OCH3 is 1. The fraction of sp³-hybridized carbons (Fsp3) is 0.333. The molecule has 226 valence electrons. The van der Waals surface area contributed by atoms with E-state index in [2.05, 4.69) is 63.5 Å². The van der Waals surface area contributed by atoms with Gasteiger partial charge in [-0.05, 0) is 42.2 Å². The summed E-state index contributed by atoms with van der Waals surface area (Å²) < 4.78 is 13.3. The smallest absolute Gasteiger partial charge is 0.274 e. The third-order valence-corrected chi connectivity index (χ3v) is 8.55. The van der Waals surface area contributed by atoms with Crippen LogP contribution in [0.15, 0.2) is 54.9 Å². The summed E-state index contributed by atoms with van der Waals surface area (Å²) in [5.74, 6) is 1.09. The Balaban J connectivity index is 1.22. The van der Waals surface area contributed by atoms with Crippen molar-refractivity contribution in [3.63, 3.8) is 0 Å². The molecule has 0 aliphatic carbocycles. The van der Waals surface area contributed by atoms with Crippen LogP contribution in [-0.4, -0.2) is 70.6 Å². The molecule has 2 aliphatic rings. The fourth-order valence-corrected chi connectivity index (χ4v) is 6.26. The Labute approximate surface area is 255 Å². The van der Waals surface area contributed by atoms with Crippen molar-refractivity contribution in [2.75, 3.05) is 55.1 Å². The number of H-pyrrole nitrogens is 1. The van der Waals surface area contributed by atoms with Gasteiger partial charge in [0.1, 0.15) is 11.4 Å². The minimum atomic E-state index is -0.000892. The predicted octanol–water partition coefficient (Wildman–Crippen LogP) is 5.20. The molecule has 0 radical (unpaired) electrons. The van der Waals surface area contributed by atoms with E-state index in [0.29, 0.717) is 55.0 Å². The Hall–Kier alpha value is -4.90. The zero-order valence-corrected chi connectivity index (χ0v) is 25.3. The minimum Gasteiger partial charge on any atom is -0.494 e. The Morgan fingerprint density at radius 3 is 2.55 bits per heavy atom. The molecule has 2 N–H and O–H groups in total. The van der Waals surface area contributed by atoms with Gasteiger partial charge in [0, 0.05) is 49.7 Å². The molecule has 2 aliphatic heterocycles. The van der Waals surface area contributed by atoms with Gasteiger partial charge in [0.25, 0.3) is 5.91 Å². The van der Waals surface area contributed by atoms with Crippen LogP contribution in [0.3, 0.4) is 0 Å². The highest BCUT2D eigenvalue weighted by atomic mass is 16.5. The molecule has 44 heavy (non-hydrogen) atoms. The van der Waals surface area contributed by atoms with Crippen LogP contribution < -0.4 is 19.9 Å². The van der Waals surface area contributed by atoms with Gasteiger partial charge in [0.05, 0.1) is 49.0 Å². The number of aryl methyl sites for hydroxylation is 2. The number of carbonyl (C=O) groups excluding carboxylic acids is 1. The van der Waals surface area contributed by atoms with Crippen molar-refractivity contribution in [1.82, 2.24) is 24.7 Å². The summed E-state index contributed by atoms with van der Waals surface area (Å²) in [6.45, 7) is 8.68. The summed E-state index contributed by atoms with van der Waals surface area (Å²) in [5.41, 5.74) is 8.03. The highest BCUT2D eigenvalue weighted by Gasteiger charge is 2.30. The van der Waals surface area contributed by atoms with Gasteiger partial charge in [-0.2, -0.15) is 10.1 Å². The summed E-state index contributed by atoms with van der Waals surface area (Å²) in [7, 11) is 1.66. The number of carbonyl (C=O) groups is 1. The summed E-state index contributed by atoms with van der Waals surface area (Å²) in [4.78, 5) is 27.8. The van der Waals surface area contributed by atoms with E-state index in [-0.39, 0.29) is 5.91 Å². The molecule has 11 nitrogen and oxygen atoms in total. The number of benzene rings is 2. The van der Waals surface area contributed by atoms with Crippen molar-refractivity contribution in [3.05, 3.63) is 71.7 Å². The molecule has 11 heteroatoms. The van der Waals surface area contributed by atoms with Crippen LogP contribution >= 0.6 is 0 Å². The molecule has 2 aromatic carbocycles. The van der Waals surface area contributed by atoms with E-state index in [1.807, 2.05) is 33.9 Å². The number of nitrogens with one attached hydrogen (secondary N) is 2. The van der Waals surface area contributed by atoms with Crippen molar-refractivity contribution in [2.24, 2.45) is 0 Å². The first-order valence-corrected chi connectivity index (χ1v) is 15.2. The van der Waals surface area contributed by atoms with E-state index in [1.165, 1.54) is 11.1 Å². The molecule has 1 saturated heterocycles. The largest absolute Gasteiger partial charge is 0.494 e. The van der Waals surface area contributed by atoms with Crippen molar-refractivity contribution in [1.29, 1.82) is 0 Å². The lowest BCUT2D eigenvalue weighted by Gasteiger charge is -2.31. The first kappa shape index (κ1) is 27.9. The molecule has 1 fully saturated rings. The van der Waals surface area contributed by atoms with Crippen LogP contribution in [-0.2, 0) is 24.1 Å². The number of hydrogen-bond acceptors (Lipinski definition) is 8. The molecule has 0 saturated carbocycles. The third kappa shape index (κ3) is 4.92. The number of rotatable bonds is 8. The van der Waals surface area contributed by atoms with Gasteiger partial charge in [-0.25, -0.2) is 4.98 Å². The van der Waals surface area contributed by atoms with Crippen LogP contribution in [0, 0.1) is 0 Å². The zero-order chi connectivity index (χ0) is 30.2. The molecule has 3 aromatic heterocycles. The van der Waals surface area contributed by atoms with Gasteiger partial charge in [-0.3, -0.25) is 9.89 Å². The number of hydrogen-bond donors (Lipinski definition) is 2. The first-order valence-electron chi connectivity index (χ1n) is 15.2. The number of fused-ring (bicyclic) bond motifs is 2. The number of para-hydroxylation sites is 1. The topological polar surface area (TPSA) is 113 Å². The monoisotopic (exact) mass is 592 g/mol. The lowest BCUT2D eigenvalue weighted by Crippen LogP contribution is -2.41. The number of ether oxygens (including phenoxy) is 2. The Bertz CT molecular complexity index is 1820. The number of anilines is 4. The van der Waals surface area contributed by atoms with Crippen LogP contribution in [0.25, 0.3) is 22.3 Å². The molecule has 0 spiro atoms. The van der Waals surface area contributed by atoms with E-state index in [0.717, 1.165) is 53.9 Å². The fourth-order valence-electron chi connectivity index (χ4n) is 6.26. The third-order valence-electron chi connectivity index (χ3n) is 8.55. The number of aromatic nitrogens is 5. The normalized spacial score (nSPS) is 15.1. The van der Waals surface area contributed by atoms with Gasteiger partial charge < -0.3 is 29.2 Å². The average Bonchev–Trinajstić information content (AvgIpc) is 3.73. The van der Waals surface area contributed by atoms with Crippen molar-refractivity contribution < 1.29 is 14.3 Å². The maximum Gasteiger partial charge on any atom is 0.274 e. The maximum atomic E-state index is 13.9. The van der Waals surface area contributed by atoms with E-state index >= 15 is 0 Å². The quantitative estimate of drug-likeness (QED) is 0.253. The summed E-state index contributed by atoms with van der Waals surface area (Å²) >= 11 is 0. The predicted molar refractivity (Wildman–Crippen MR) is 171 cm³/mol. The van der Waals surface area contributed by atoms with Crippen LogP contribution in [0.2, 0.25) is 0 Å². The van der Waals surface area contributed by atoms with E-state index < -0.39 is 0 Å². The molecule has 7 rings (SSSR count). The second-order valence-electron chi connectivity index (χ2n) is 11.0. The van der Waals surface area contributed by atoms with Crippen molar-refractivity contribution >= 4 is 40.0 Å². The lowest BCUT2D eigenvalue weighted by molar-refractivity contribution is 0.0965. The first-order chi connectivity index (χ1) is 21.6. The summed E-state index contributed by atoms with van der Waals surface area (Å²) in [5, 5.41) is 11.4. The SMILES string of the molecule is CCc1cccc(CC)c1N1CCn2cc(-c3nc(Nc4ccc(N5CCOCC5)cc4OC)nc4[nH]ncc34)cc2C1=O. The molecular formula is C33H36N8O3. The number of nitrogens with zero attached hydrogens (tertiary/aromatic N) is 6. The highest BCUT2D eigenvalue weighted by molar-refractivity contribution is 6.08. The molecule has 0 unspecified atom stereocenters. The number of morpholine rings is 1. The van der Waals surface area contributed by atoms with E-state index in [4.69, 9.17) is 14.5 Å². The number of aromatic amines is 1.